The van der Waals surface area contributed by atoms with Gasteiger partial charge in [-0.05, 0) is 43.2 Å². The van der Waals surface area contributed by atoms with Crippen LogP contribution >= 0.6 is 9.24 Å². The first-order valence-electron chi connectivity index (χ1n) is 6.61. The molecular weight excluding hydrogens is 203 g/mol. The van der Waals surface area contributed by atoms with Crippen molar-refractivity contribution in [3.8, 4) is 0 Å². The first kappa shape index (κ1) is 11.9. The Balaban J connectivity index is 1.99. The Labute approximate surface area is 96.6 Å². The Bertz CT molecular complexity index is 195. The lowest BCUT2D eigenvalue weighted by Crippen LogP contribution is -2.37. The van der Waals surface area contributed by atoms with Crippen LogP contribution in [0.25, 0.3) is 0 Å². The fourth-order valence-corrected chi connectivity index (χ4v) is 4.34. The van der Waals surface area contributed by atoms with Crippen LogP contribution in [0.1, 0.15) is 51.4 Å². The summed E-state index contributed by atoms with van der Waals surface area (Å²) in [6.07, 6.45) is 11.8. The fraction of sp³-hybridized carbons (Fsp3) is 1.00. The molecule has 5 unspecified atom stereocenters. The van der Waals surface area contributed by atoms with Crippen molar-refractivity contribution in [2.24, 2.45) is 11.8 Å². The van der Waals surface area contributed by atoms with E-state index in [-0.39, 0.29) is 0 Å². The van der Waals surface area contributed by atoms with E-state index < -0.39 is 0 Å². The summed E-state index contributed by atoms with van der Waals surface area (Å²) in [5, 5.41) is 0. The number of hydrogen-bond acceptors (Lipinski definition) is 1. The van der Waals surface area contributed by atoms with Crippen LogP contribution in [0.15, 0.2) is 0 Å². The summed E-state index contributed by atoms with van der Waals surface area (Å²) in [7, 11) is 5.00. The zero-order valence-corrected chi connectivity index (χ0v) is 11.1. The molecule has 0 heterocycles. The van der Waals surface area contributed by atoms with Gasteiger partial charge >= 0.3 is 0 Å². The third-order valence-corrected chi connectivity index (χ3v) is 5.31. The molecule has 0 aromatic heterocycles. The largest absolute Gasteiger partial charge is 0.381 e. The molecule has 0 radical (unpaired) electrons. The SMILES string of the molecule is COC1CCCCC1C1CCCCC1P. The van der Waals surface area contributed by atoms with E-state index in [9.17, 15) is 0 Å². The second-order valence-electron chi connectivity index (χ2n) is 5.33. The van der Waals surface area contributed by atoms with E-state index in [0.717, 1.165) is 17.5 Å². The molecule has 2 aliphatic rings. The highest BCUT2D eigenvalue weighted by atomic mass is 31.0. The van der Waals surface area contributed by atoms with Crippen molar-refractivity contribution in [1.82, 2.24) is 0 Å². The molecule has 0 saturated heterocycles. The minimum atomic E-state index is 0.560. The Hall–Kier alpha value is 0.390. The highest BCUT2D eigenvalue weighted by Crippen LogP contribution is 2.42. The van der Waals surface area contributed by atoms with Crippen molar-refractivity contribution in [3.05, 3.63) is 0 Å². The van der Waals surface area contributed by atoms with Crippen molar-refractivity contribution >= 4 is 9.24 Å². The predicted octanol–water partition coefficient (Wildman–Crippen LogP) is 3.63. The van der Waals surface area contributed by atoms with Gasteiger partial charge in [0.25, 0.3) is 0 Å². The molecule has 5 atom stereocenters. The summed E-state index contributed by atoms with van der Waals surface area (Å²) in [6.45, 7) is 0. The molecule has 0 amide bonds. The Morgan fingerprint density at radius 1 is 0.867 bits per heavy atom. The Morgan fingerprint density at radius 3 is 2.13 bits per heavy atom. The van der Waals surface area contributed by atoms with E-state index in [1.165, 1.54) is 51.4 Å². The molecule has 0 aromatic carbocycles. The number of rotatable bonds is 2. The van der Waals surface area contributed by atoms with Gasteiger partial charge in [-0.3, -0.25) is 0 Å². The second kappa shape index (κ2) is 5.64. The molecule has 2 aliphatic carbocycles. The Morgan fingerprint density at radius 2 is 1.47 bits per heavy atom. The Kier molecular flexibility index (Phi) is 4.46. The maximum Gasteiger partial charge on any atom is 0.0602 e. The van der Waals surface area contributed by atoms with Gasteiger partial charge in [-0.1, -0.05) is 25.7 Å². The van der Waals surface area contributed by atoms with Crippen molar-refractivity contribution in [2.75, 3.05) is 7.11 Å². The van der Waals surface area contributed by atoms with Gasteiger partial charge in [0, 0.05) is 7.11 Å². The second-order valence-corrected chi connectivity index (χ2v) is 6.19. The molecule has 0 aliphatic heterocycles. The normalized spacial score (nSPS) is 42.8. The molecule has 2 heteroatoms. The van der Waals surface area contributed by atoms with E-state index in [0.29, 0.717) is 6.10 Å². The lowest BCUT2D eigenvalue weighted by atomic mass is 9.71. The molecule has 88 valence electrons. The molecule has 15 heavy (non-hydrogen) atoms. The first-order valence-corrected chi connectivity index (χ1v) is 7.28. The molecule has 0 N–H and O–H groups in total. The summed E-state index contributed by atoms with van der Waals surface area (Å²) in [5.41, 5.74) is 0.861. The van der Waals surface area contributed by atoms with Gasteiger partial charge in [-0.2, -0.15) is 0 Å². The zero-order chi connectivity index (χ0) is 10.7. The van der Waals surface area contributed by atoms with E-state index in [1.54, 1.807) is 0 Å². The van der Waals surface area contributed by atoms with Crippen LogP contribution in [0.5, 0.6) is 0 Å². The summed E-state index contributed by atoms with van der Waals surface area (Å²) >= 11 is 0. The predicted molar refractivity (Wildman–Crippen MR) is 68.2 cm³/mol. The number of methoxy groups -OCH3 is 1. The van der Waals surface area contributed by atoms with Crippen molar-refractivity contribution < 1.29 is 4.74 Å². The van der Waals surface area contributed by atoms with Crippen molar-refractivity contribution in [3.63, 3.8) is 0 Å². The fourth-order valence-electron chi connectivity index (χ4n) is 3.63. The smallest absolute Gasteiger partial charge is 0.0602 e. The van der Waals surface area contributed by atoms with Crippen LogP contribution in [0.2, 0.25) is 0 Å². The van der Waals surface area contributed by atoms with E-state index in [1.807, 2.05) is 7.11 Å². The summed E-state index contributed by atoms with van der Waals surface area (Å²) < 4.78 is 5.70. The molecule has 2 fully saturated rings. The summed E-state index contributed by atoms with van der Waals surface area (Å²) in [5.74, 6) is 1.78. The molecule has 0 spiro atoms. The van der Waals surface area contributed by atoms with Crippen LogP contribution in [0.3, 0.4) is 0 Å². The molecule has 0 aromatic rings. The van der Waals surface area contributed by atoms with Gasteiger partial charge in [0.2, 0.25) is 0 Å². The first-order chi connectivity index (χ1) is 7.33. The maximum absolute atomic E-state index is 5.70. The van der Waals surface area contributed by atoms with E-state index >= 15 is 0 Å². The number of ether oxygens (including phenoxy) is 1. The van der Waals surface area contributed by atoms with Gasteiger partial charge in [-0.25, -0.2) is 0 Å². The van der Waals surface area contributed by atoms with Crippen molar-refractivity contribution in [2.45, 2.75) is 63.1 Å². The van der Waals surface area contributed by atoms with Crippen LogP contribution in [-0.2, 0) is 4.74 Å². The lowest BCUT2D eigenvalue weighted by Gasteiger charge is -2.41. The molecular formula is C13H25OP. The quantitative estimate of drug-likeness (QED) is 0.656. The van der Waals surface area contributed by atoms with Crippen LogP contribution in [0, 0.1) is 11.8 Å². The van der Waals surface area contributed by atoms with Crippen LogP contribution < -0.4 is 0 Å². The minimum absolute atomic E-state index is 0.560. The number of hydrogen-bond donors (Lipinski definition) is 0. The van der Waals surface area contributed by atoms with Crippen LogP contribution in [0.4, 0.5) is 0 Å². The third kappa shape index (κ3) is 2.74. The lowest BCUT2D eigenvalue weighted by molar-refractivity contribution is -0.00754. The van der Waals surface area contributed by atoms with E-state index in [2.05, 4.69) is 9.24 Å². The highest BCUT2D eigenvalue weighted by molar-refractivity contribution is 7.17. The monoisotopic (exact) mass is 228 g/mol. The van der Waals surface area contributed by atoms with Gasteiger partial charge in [0.05, 0.1) is 6.10 Å². The standard InChI is InChI=1S/C13H25OP/c1-14-12-8-4-2-6-10(12)11-7-3-5-9-13(11)15/h10-13H,2-9,15H2,1H3. The minimum Gasteiger partial charge on any atom is -0.381 e. The van der Waals surface area contributed by atoms with Gasteiger partial charge in [0.1, 0.15) is 0 Å². The molecule has 2 rings (SSSR count). The summed E-state index contributed by atoms with van der Waals surface area (Å²) in [6, 6.07) is 0. The van der Waals surface area contributed by atoms with Gasteiger partial charge in [-0.15, -0.1) is 9.24 Å². The van der Waals surface area contributed by atoms with Gasteiger partial charge in [0.15, 0.2) is 0 Å². The van der Waals surface area contributed by atoms with Crippen molar-refractivity contribution in [1.29, 1.82) is 0 Å². The average Bonchev–Trinajstić information content (AvgIpc) is 2.30. The average molecular weight is 228 g/mol. The van der Waals surface area contributed by atoms with Crippen LogP contribution in [-0.4, -0.2) is 18.9 Å². The highest BCUT2D eigenvalue weighted by Gasteiger charge is 2.35. The maximum atomic E-state index is 5.70. The molecule has 0 bridgehead atoms. The van der Waals surface area contributed by atoms with E-state index in [4.69, 9.17) is 4.74 Å². The zero-order valence-electron chi connectivity index (χ0n) is 9.95. The molecule has 1 nitrogen and oxygen atoms in total. The summed E-state index contributed by atoms with van der Waals surface area (Å²) in [4.78, 5) is 0. The third-order valence-electron chi connectivity index (χ3n) is 4.48. The molecule has 2 saturated carbocycles. The topological polar surface area (TPSA) is 9.23 Å². The van der Waals surface area contributed by atoms with Gasteiger partial charge < -0.3 is 4.74 Å².